The summed E-state index contributed by atoms with van der Waals surface area (Å²) in [4.78, 5) is 31.5. The highest BCUT2D eigenvalue weighted by atomic mass is 79.9. The summed E-state index contributed by atoms with van der Waals surface area (Å²) in [6, 6.07) is 14.4. The van der Waals surface area contributed by atoms with Crippen molar-refractivity contribution >= 4 is 39.3 Å². The van der Waals surface area contributed by atoms with Gasteiger partial charge in [0, 0.05) is 4.47 Å². The zero-order chi connectivity index (χ0) is 22.8. The van der Waals surface area contributed by atoms with E-state index in [1.54, 1.807) is 25.5 Å². The molecule has 1 unspecified atom stereocenters. The van der Waals surface area contributed by atoms with E-state index < -0.39 is 12.0 Å². The van der Waals surface area contributed by atoms with E-state index in [1.807, 2.05) is 54.6 Å². The van der Waals surface area contributed by atoms with Crippen LogP contribution in [0.5, 0.6) is 5.75 Å². The Balaban J connectivity index is 1.93. The fraction of sp³-hybridized carbons (Fsp3) is 0.208. The van der Waals surface area contributed by atoms with Crippen molar-refractivity contribution in [2.24, 2.45) is 4.99 Å². The Bertz CT molecular complexity index is 1370. The van der Waals surface area contributed by atoms with E-state index in [4.69, 9.17) is 9.47 Å². The van der Waals surface area contributed by atoms with Crippen molar-refractivity contribution in [1.29, 1.82) is 0 Å². The van der Waals surface area contributed by atoms with Crippen LogP contribution in [0.2, 0.25) is 0 Å². The molecule has 1 aromatic heterocycles. The highest BCUT2D eigenvalue weighted by Gasteiger charge is 2.33. The van der Waals surface area contributed by atoms with Gasteiger partial charge in [0.1, 0.15) is 5.75 Å². The number of hydrogen-bond acceptors (Lipinski definition) is 6. The van der Waals surface area contributed by atoms with E-state index in [2.05, 4.69) is 20.9 Å². The minimum atomic E-state index is -0.636. The maximum atomic E-state index is 13.5. The van der Waals surface area contributed by atoms with E-state index >= 15 is 0 Å². The van der Waals surface area contributed by atoms with Gasteiger partial charge in [0.25, 0.3) is 5.56 Å². The summed E-state index contributed by atoms with van der Waals surface area (Å²) in [5, 5.41) is 0. The zero-order valence-electron chi connectivity index (χ0n) is 17.8. The van der Waals surface area contributed by atoms with Crippen LogP contribution in [-0.2, 0) is 9.53 Å². The van der Waals surface area contributed by atoms with Crippen molar-refractivity contribution < 1.29 is 14.3 Å². The van der Waals surface area contributed by atoms with E-state index in [0.717, 1.165) is 15.6 Å². The van der Waals surface area contributed by atoms with Crippen LogP contribution in [0.1, 0.15) is 31.0 Å². The number of methoxy groups -OCH3 is 1. The fourth-order valence-electron chi connectivity index (χ4n) is 3.60. The Kier molecular flexibility index (Phi) is 6.43. The van der Waals surface area contributed by atoms with E-state index in [-0.39, 0.29) is 12.2 Å². The summed E-state index contributed by atoms with van der Waals surface area (Å²) >= 11 is 4.73. The van der Waals surface area contributed by atoms with Gasteiger partial charge in [0.2, 0.25) is 0 Å². The molecule has 32 heavy (non-hydrogen) atoms. The first-order valence-electron chi connectivity index (χ1n) is 10.0. The largest absolute Gasteiger partial charge is 0.497 e. The predicted molar refractivity (Wildman–Crippen MR) is 128 cm³/mol. The molecule has 1 atom stereocenters. The third kappa shape index (κ3) is 4.20. The SMILES string of the molecule is CCOC(=O)C1=C(C)N=c2s/c(=C\c3ccc(Br)cc3)c(=O)n2C1c1ccc(OC)cc1. The first-order chi connectivity index (χ1) is 15.4. The van der Waals surface area contributed by atoms with Crippen LogP contribution in [0.4, 0.5) is 0 Å². The molecule has 0 saturated carbocycles. The molecule has 164 valence electrons. The van der Waals surface area contributed by atoms with Gasteiger partial charge < -0.3 is 9.47 Å². The summed E-state index contributed by atoms with van der Waals surface area (Å²) in [7, 11) is 1.59. The Morgan fingerprint density at radius 1 is 1.19 bits per heavy atom. The molecule has 6 nitrogen and oxygen atoms in total. The highest BCUT2D eigenvalue weighted by Crippen LogP contribution is 2.31. The summed E-state index contributed by atoms with van der Waals surface area (Å²) < 4.78 is 13.7. The van der Waals surface area contributed by atoms with Crippen molar-refractivity contribution in [3.63, 3.8) is 0 Å². The van der Waals surface area contributed by atoms with Gasteiger partial charge in [-0.3, -0.25) is 9.36 Å². The number of rotatable bonds is 5. The molecule has 0 saturated heterocycles. The first kappa shape index (κ1) is 22.2. The van der Waals surface area contributed by atoms with Crippen molar-refractivity contribution in [1.82, 2.24) is 4.57 Å². The molecule has 0 aliphatic carbocycles. The topological polar surface area (TPSA) is 69.9 Å². The van der Waals surface area contributed by atoms with Gasteiger partial charge in [-0.05, 0) is 55.3 Å². The number of hydrogen-bond donors (Lipinski definition) is 0. The van der Waals surface area contributed by atoms with Gasteiger partial charge in [-0.2, -0.15) is 0 Å². The summed E-state index contributed by atoms with van der Waals surface area (Å²) in [6.07, 6.45) is 1.84. The molecule has 0 N–H and O–H groups in total. The monoisotopic (exact) mass is 512 g/mol. The number of fused-ring (bicyclic) bond motifs is 1. The van der Waals surface area contributed by atoms with Gasteiger partial charge in [0.05, 0.1) is 35.6 Å². The lowest BCUT2D eigenvalue weighted by Gasteiger charge is -2.24. The number of thiazole rings is 1. The summed E-state index contributed by atoms with van der Waals surface area (Å²) in [5.41, 5.74) is 2.38. The third-order valence-electron chi connectivity index (χ3n) is 5.12. The van der Waals surface area contributed by atoms with E-state index in [1.165, 1.54) is 11.3 Å². The van der Waals surface area contributed by atoms with Crippen LogP contribution in [0.25, 0.3) is 6.08 Å². The number of benzene rings is 2. The van der Waals surface area contributed by atoms with Crippen molar-refractivity contribution in [2.45, 2.75) is 19.9 Å². The van der Waals surface area contributed by atoms with Crippen LogP contribution >= 0.6 is 27.3 Å². The summed E-state index contributed by atoms with van der Waals surface area (Å²) in [5.74, 6) is 0.214. The highest BCUT2D eigenvalue weighted by molar-refractivity contribution is 9.10. The smallest absolute Gasteiger partial charge is 0.338 e. The quantitative estimate of drug-likeness (QED) is 0.490. The van der Waals surface area contributed by atoms with Gasteiger partial charge in [-0.15, -0.1) is 0 Å². The number of carbonyl (C=O) groups is 1. The Labute approximate surface area is 197 Å². The molecule has 0 fully saturated rings. The van der Waals surface area contributed by atoms with Gasteiger partial charge in [-0.1, -0.05) is 51.5 Å². The minimum absolute atomic E-state index is 0.202. The van der Waals surface area contributed by atoms with E-state index in [9.17, 15) is 9.59 Å². The lowest BCUT2D eigenvalue weighted by Crippen LogP contribution is -2.39. The van der Waals surface area contributed by atoms with Crippen LogP contribution in [-0.4, -0.2) is 24.3 Å². The van der Waals surface area contributed by atoms with Crippen LogP contribution in [0.3, 0.4) is 0 Å². The number of carbonyl (C=O) groups excluding carboxylic acids is 1. The molecule has 2 aromatic carbocycles. The van der Waals surface area contributed by atoms with Gasteiger partial charge in [-0.25, -0.2) is 9.79 Å². The first-order valence-corrected chi connectivity index (χ1v) is 11.6. The van der Waals surface area contributed by atoms with Crippen LogP contribution in [0, 0.1) is 0 Å². The van der Waals surface area contributed by atoms with Gasteiger partial charge in [0.15, 0.2) is 4.80 Å². The molecule has 0 bridgehead atoms. The number of ether oxygens (including phenoxy) is 2. The molecule has 0 radical (unpaired) electrons. The van der Waals surface area contributed by atoms with Crippen molar-refractivity contribution in [2.75, 3.05) is 13.7 Å². The molecule has 1 aliphatic heterocycles. The van der Waals surface area contributed by atoms with Crippen LogP contribution in [0.15, 0.2) is 74.1 Å². The van der Waals surface area contributed by atoms with Crippen molar-refractivity contribution in [3.8, 4) is 5.75 Å². The lowest BCUT2D eigenvalue weighted by molar-refractivity contribution is -0.139. The Morgan fingerprint density at radius 3 is 2.50 bits per heavy atom. The molecule has 2 heterocycles. The number of halogens is 1. The standard InChI is InChI=1S/C24H21BrN2O4S/c1-4-31-23(29)20-14(2)26-24-27(21(20)16-7-11-18(30-3)12-8-16)22(28)19(32-24)13-15-5-9-17(25)10-6-15/h5-13,21H,4H2,1-3H3/b19-13-. The normalized spacial score (nSPS) is 15.9. The molecular formula is C24H21BrN2O4S. The number of allylic oxidation sites excluding steroid dienone is 1. The molecule has 0 amide bonds. The average molecular weight is 513 g/mol. The molecule has 1 aliphatic rings. The average Bonchev–Trinajstić information content (AvgIpc) is 3.09. The van der Waals surface area contributed by atoms with Crippen molar-refractivity contribution in [3.05, 3.63) is 95.1 Å². The number of esters is 1. The maximum absolute atomic E-state index is 13.5. The summed E-state index contributed by atoms with van der Waals surface area (Å²) in [6.45, 7) is 3.76. The minimum Gasteiger partial charge on any atom is -0.497 e. The van der Waals surface area contributed by atoms with E-state index in [0.29, 0.717) is 26.4 Å². The van der Waals surface area contributed by atoms with Crippen LogP contribution < -0.4 is 19.6 Å². The third-order valence-corrected chi connectivity index (χ3v) is 6.63. The fourth-order valence-corrected chi connectivity index (χ4v) is 4.91. The van der Waals surface area contributed by atoms with Gasteiger partial charge >= 0.3 is 5.97 Å². The zero-order valence-corrected chi connectivity index (χ0v) is 20.2. The molecule has 0 spiro atoms. The second kappa shape index (κ2) is 9.26. The number of nitrogens with zero attached hydrogens (tertiary/aromatic N) is 2. The Hall–Kier alpha value is -2.97. The maximum Gasteiger partial charge on any atom is 0.338 e. The molecule has 3 aromatic rings. The second-order valence-electron chi connectivity index (χ2n) is 7.13. The molecule has 4 rings (SSSR count). The molecule has 8 heteroatoms. The lowest BCUT2D eigenvalue weighted by atomic mass is 9.96. The molecular weight excluding hydrogens is 492 g/mol. The Morgan fingerprint density at radius 2 is 1.88 bits per heavy atom. The second-order valence-corrected chi connectivity index (χ2v) is 9.05. The predicted octanol–water partition coefficient (Wildman–Crippen LogP) is 3.57. The number of aromatic nitrogens is 1.